The summed E-state index contributed by atoms with van der Waals surface area (Å²) >= 11 is 3.81. The van der Waals surface area contributed by atoms with Gasteiger partial charge in [-0.3, -0.25) is 0 Å². The summed E-state index contributed by atoms with van der Waals surface area (Å²) in [5.74, 6) is 2.11. The van der Waals surface area contributed by atoms with E-state index in [0.29, 0.717) is 19.1 Å². The molecule has 1 aromatic rings. The highest BCUT2D eigenvalue weighted by Gasteiger charge is 2.38. The number of hydrogen-bond acceptors (Lipinski definition) is 3. The lowest BCUT2D eigenvalue weighted by atomic mass is 9.93. The monoisotopic (exact) mass is 340 g/mol. The van der Waals surface area contributed by atoms with Gasteiger partial charge in [0.1, 0.15) is 0 Å². The minimum atomic E-state index is -0.132. The molecule has 0 aromatic heterocycles. The van der Waals surface area contributed by atoms with Crippen LogP contribution in [0, 0.1) is 5.92 Å². The van der Waals surface area contributed by atoms with Gasteiger partial charge in [-0.05, 0) is 37.5 Å². The number of ether oxygens (including phenoxy) is 3. The van der Waals surface area contributed by atoms with E-state index in [9.17, 15) is 0 Å². The molecule has 0 N–H and O–H groups in total. The van der Waals surface area contributed by atoms with Crippen molar-refractivity contribution in [2.24, 2.45) is 5.92 Å². The second-order valence-corrected chi connectivity index (χ2v) is 6.98. The Hall–Kier alpha value is -0.740. The molecule has 110 valence electrons. The fraction of sp³-hybridized carbons (Fsp3) is 0.625. The topological polar surface area (TPSA) is 27.7 Å². The largest absolute Gasteiger partial charge is 0.489 e. The summed E-state index contributed by atoms with van der Waals surface area (Å²) in [6.07, 6.45) is 2.20. The van der Waals surface area contributed by atoms with Crippen molar-refractivity contribution < 1.29 is 14.2 Å². The van der Waals surface area contributed by atoms with E-state index in [1.807, 2.05) is 6.07 Å². The van der Waals surface area contributed by atoms with Crippen LogP contribution in [0.4, 0.5) is 0 Å². The van der Waals surface area contributed by atoms with E-state index in [4.69, 9.17) is 14.2 Å². The second kappa shape index (κ2) is 5.57. The molecule has 2 aliphatic rings. The number of fused-ring (bicyclic) bond motifs is 1. The number of hydrogen-bond donors (Lipinski definition) is 0. The Bertz CT molecular complexity index is 483. The zero-order valence-electron chi connectivity index (χ0n) is 12.0. The minimum absolute atomic E-state index is 0.132. The predicted molar refractivity (Wildman–Crippen MR) is 81.9 cm³/mol. The first-order chi connectivity index (χ1) is 9.58. The van der Waals surface area contributed by atoms with Gasteiger partial charge in [0.2, 0.25) is 0 Å². The molecule has 3 unspecified atom stereocenters. The molecule has 4 heteroatoms. The van der Waals surface area contributed by atoms with Crippen molar-refractivity contribution in [3.05, 3.63) is 23.8 Å². The van der Waals surface area contributed by atoms with Gasteiger partial charge in [0.15, 0.2) is 11.5 Å². The Kier molecular flexibility index (Phi) is 3.95. The van der Waals surface area contributed by atoms with Crippen molar-refractivity contribution in [2.45, 2.75) is 37.1 Å². The number of halogens is 1. The second-order valence-electron chi connectivity index (χ2n) is 6.06. The number of rotatable bonds is 2. The SMILES string of the molecule is CC1COc2ccc(C(Br)C3(C)CCCO3)cc2OC1. The van der Waals surface area contributed by atoms with Gasteiger partial charge in [-0.1, -0.05) is 28.9 Å². The van der Waals surface area contributed by atoms with E-state index in [2.05, 4.69) is 41.9 Å². The molecule has 0 amide bonds. The van der Waals surface area contributed by atoms with E-state index in [1.165, 1.54) is 5.56 Å². The Balaban J connectivity index is 1.85. The molecule has 1 fully saturated rings. The lowest BCUT2D eigenvalue weighted by Crippen LogP contribution is -2.28. The van der Waals surface area contributed by atoms with Crippen LogP contribution >= 0.6 is 15.9 Å². The average Bonchev–Trinajstić information content (AvgIpc) is 2.81. The lowest BCUT2D eigenvalue weighted by Gasteiger charge is -2.29. The van der Waals surface area contributed by atoms with Crippen LogP contribution in [0.25, 0.3) is 0 Å². The molecular weight excluding hydrogens is 320 g/mol. The molecule has 0 aliphatic carbocycles. The highest BCUT2D eigenvalue weighted by Crippen LogP contribution is 2.45. The molecule has 0 spiro atoms. The molecule has 1 aromatic carbocycles. The minimum Gasteiger partial charge on any atom is -0.489 e. The summed E-state index contributed by atoms with van der Waals surface area (Å²) in [5.41, 5.74) is 1.05. The quantitative estimate of drug-likeness (QED) is 0.758. The van der Waals surface area contributed by atoms with Gasteiger partial charge in [0.25, 0.3) is 0 Å². The summed E-state index contributed by atoms with van der Waals surface area (Å²) < 4.78 is 17.6. The van der Waals surface area contributed by atoms with Gasteiger partial charge >= 0.3 is 0 Å². The van der Waals surface area contributed by atoms with E-state index in [0.717, 1.165) is 30.9 Å². The summed E-state index contributed by atoms with van der Waals surface area (Å²) in [6.45, 7) is 6.57. The van der Waals surface area contributed by atoms with Gasteiger partial charge in [0.05, 0.1) is 23.6 Å². The smallest absolute Gasteiger partial charge is 0.161 e. The van der Waals surface area contributed by atoms with Crippen molar-refractivity contribution in [1.29, 1.82) is 0 Å². The lowest BCUT2D eigenvalue weighted by molar-refractivity contribution is 0.0197. The zero-order chi connectivity index (χ0) is 14.2. The van der Waals surface area contributed by atoms with Gasteiger partial charge in [-0.25, -0.2) is 0 Å². The Morgan fingerprint density at radius 1 is 1.25 bits per heavy atom. The Morgan fingerprint density at radius 3 is 2.70 bits per heavy atom. The maximum Gasteiger partial charge on any atom is 0.161 e. The third kappa shape index (κ3) is 2.68. The van der Waals surface area contributed by atoms with Crippen LogP contribution in [0.1, 0.15) is 37.1 Å². The van der Waals surface area contributed by atoms with Crippen LogP contribution in [0.15, 0.2) is 18.2 Å². The molecule has 2 heterocycles. The van der Waals surface area contributed by atoms with Gasteiger partial charge < -0.3 is 14.2 Å². The zero-order valence-corrected chi connectivity index (χ0v) is 13.6. The van der Waals surface area contributed by atoms with Gasteiger partial charge in [-0.15, -0.1) is 0 Å². The van der Waals surface area contributed by atoms with Crippen LogP contribution in [0.5, 0.6) is 11.5 Å². The first-order valence-electron chi connectivity index (χ1n) is 7.26. The van der Waals surface area contributed by atoms with Crippen molar-refractivity contribution in [1.82, 2.24) is 0 Å². The summed E-state index contributed by atoms with van der Waals surface area (Å²) in [4.78, 5) is 0.173. The van der Waals surface area contributed by atoms with E-state index in [1.54, 1.807) is 0 Å². The van der Waals surface area contributed by atoms with E-state index < -0.39 is 0 Å². The highest BCUT2D eigenvalue weighted by atomic mass is 79.9. The van der Waals surface area contributed by atoms with Crippen molar-refractivity contribution in [3.63, 3.8) is 0 Å². The van der Waals surface area contributed by atoms with Crippen LogP contribution in [0.3, 0.4) is 0 Å². The molecule has 1 saturated heterocycles. The Labute approximate surface area is 128 Å². The first kappa shape index (κ1) is 14.2. The molecule has 20 heavy (non-hydrogen) atoms. The molecular formula is C16H21BrO3. The molecule has 3 rings (SSSR count). The molecule has 3 atom stereocenters. The summed E-state index contributed by atoms with van der Waals surface area (Å²) in [7, 11) is 0. The standard InChI is InChI=1S/C16H21BrO3/c1-11-9-18-13-5-4-12(8-14(13)19-10-11)15(17)16(2)6-3-7-20-16/h4-5,8,11,15H,3,6-7,9-10H2,1-2H3. The average molecular weight is 341 g/mol. The molecule has 0 radical (unpaired) electrons. The molecule has 0 bridgehead atoms. The van der Waals surface area contributed by atoms with E-state index in [-0.39, 0.29) is 10.4 Å². The molecule has 2 aliphatic heterocycles. The van der Waals surface area contributed by atoms with E-state index >= 15 is 0 Å². The van der Waals surface area contributed by atoms with Crippen molar-refractivity contribution in [2.75, 3.05) is 19.8 Å². The molecule has 3 nitrogen and oxygen atoms in total. The fourth-order valence-corrected chi connectivity index (χ4v) is 3.43. The van der Waals surface area contributed by atoms with Gasteiger partial charge in [-0.2, -0.15) is 0 Å². The predicted octanol–water partition coefficient (Wildman–Crippen LogP) is 4.10. The highest BCUT2D eigenvalue weighted by molar-refractivity contribution is 9.09. The maximum absolute atomic E-state index is 5.92. The fourth-order valence-electron chi connectivity index (χ4n) is 2.78. The van der Waals surface area contributed by atoms with Crippen molar-refractivity contribution >= 4 is 15.9 Å². The number of benzene rings is 1. The third-order valence-electron chi connectivity index (χ3n) is 4.09. The third-order valence-corrected chi connectivity index (χ3v) is 5.59. The van der Waals surface area contributed by atoms with Gasteiger partial charge in [0, 0.05) is 12.5 Å². The normalized spacial score (nSPS) is 30.9. The Morgan fingerprint density at radius 2 is 2.00 bits per heavy atom. The first-order valence-corrected chi connectivity index (χ1v) is 8.18. The van der Waals surface area contributed by atoms with Crippen LogP contribution in [-0.2, 0) is 4.74 Å². The van der Waals surface area contributed by atoms with Crippen molar-refractivity contribution in [3.8, 4) is 11.5 Å². The van der Waals surface area contributed by atoms with Crippen LogP contribution in [-0.4, -0.2) is 25.4 Å². The number of alkyl halides is 1. The summed E-state index contributed by atoms with van der Waals surface area (Å²) in [6, 6.07) is 6.19. The maximum atomic E-state index is 5.92. The van der Waals surface area contributed by atoms with Crippen LogP contribution < -0.4 is 9.47 Å². The summed E-state index contributed by atoms with van der Waals surface area (Å²) in [5, 5.41) is 0. The molecule has 0 saturated carbocycles. The van der Waals surface area contributed by atoms with Crippen LogP contribution in [0.2, 0.25) is 0 Å².